The molecule has 1 saturated carbocycles. The van der Waals surface area contributed by atoms with Gasteiger partial charge in [-0.05, 0) is 12.8 Å². The van der Waals surface area contributed by atoms with Gasteiger partial charge in [0.15, 0.2) is 0 Å². The van der Waals surface area contributed by atoms with Crippen LogP contribution in [0.5, 0.6) is 0 Å². The third-order valence-corrected chi connectivity index (χ3v) is 4.94. The molecule has 0 unspecified atom stereocenters. The van der Waals surface area contributed by atoms with E-state index in [4.69, 9.17) is 0 Å². The minimum absolute atomic E-state index is 0.0781. The van der Waals surface area contributed by atoms with Crippen LogP contribution in [-0.4, -0.2) is 40.1 Å². The van der Waals surface area contributed by atoms with E-state index in [9.17, 15) is 9.90 Å². The van der Waals surface area contributed by atoms with Crippen LogP contribution >= 0.6 is 11.3 Å². The summed E-state index contributed by atoms with van der Waals surface area (Å²) in [5.41, 5.74) is 2.76. The highest BCUT2D eigenvalue weighted by atomic mass is 32.1. The summed E-state index contributed by atoms with van der Waals surface area (Å²) < 4.78 is 0. The molecule has 1 aliphatic carbocycles. The second kappa shape index (κ2) is 4.97. The van der Waals surface area contributed by atoms with E-state index < -0.39 is 5.97 Å². The van der Waals surface area contributed by atoms with E-state index in [0.29, 0.717) is 12.6 Å². The lowest BCUT2D eigenvalue weighted by Gasteiger charge is -2.23. The molecule has 98 valence electrons. The molecule has 1 saturated heterocycles. The molecule has 0 amide bonds. The van der Waals surface area contributed by atoms with Crippen LogP contribution in [0.15, 0.2) is 10.9 Å². The van der Waals surface area contributed by atoms with Crippen LogP contribution in [-0.2, 0) is 4.79 Å². The number of thiazole rings is 1. The summed E-state index contributed by atoms with van der Waals surface area (Å²) in [4.78, 5) is 18.1. The van der Waals surface area contributed by atoms with E-state index in [1.807, 2.05) is 5.38 Å². The summed E-state index contributed by atoms with van der Waals surface area (Å²) in [6.07, 6.45) is 5.05. The van der Waals surface area contributed by atoms with Crippen molar-refractivity contribution in [1.29, 1.82) is 0 Å². The lowest BCUT2D eigenvalue weighted by molar-refractivity contribution is -0.141. The molecule has 5 heteroatoms. The van der Waals surface area contributed by atoms with E-state index in [2.05, 4.69) is 9.88 Å². The number of nitrogens with zero attached hydrogens (tertiary/aromatic N) is 2. The molecule has 2 aliphatic rings. The Balaban J connectivity index is 1.77. The van der Waals surface area contributed by atoms with Crippen molar-refractivity contribution in [3.05, 3.63) is 16.6 Å². The maximum absolute atomic E-state index is 11.4. The third-order valence-electron chi connectivity index (χ3n) is 4.34. The fourth-order valence-corrected chi connectivity index (χ4v) is 3.98. The fraction of sp³-hybridized carbons (Fsp3) is 0.692. The van der Waals surface area contributed by atoms with E-state index >= 15 is 0 Å². The number of aliphatic carboxylic acids is 1. The number of carboxylic acid groups (broad SMARTS) is 1. The first-order chi connectivity index (χ1) is 8.75. The van der Waals surface area contributed by atoms with Gasteiger partial charge >= 0.3 is 5.97 Å². The van der Waals surface area contributed by atoms with Crippen molar-refractivity contribution in [1.82, 2.24) is 9.88 Å². The summed E-state index contributed by atoms with van der Waals surface area (Å²) >= 11 is 1.55. The number of rotatable bonds is 3. The lowest BCUT2D eigenvalue weighted by Crippen LogP contribution is -2.31. The van der Waals surface area contributed by atoms with E-state index in [0.717, 1.165) is 12.2 Å². The largest absolute Gasteiger partial charge is 0.481 e. The van der Waals surface area contributed by atoms with Gasteiger partial charge in [0.2, 0.25) is 0 Å². The number of carbonyl (C=O) groups is 1. The molecular formula is C13H18N2O2S. The van der Waals surface area contributed by atoms with Crippen molar-refractivity contribution in [2.75, 3.05) is 13.1 Å². The third kappa shape index (κ3) is 2.17. The summed E-state index contributed by atoms with van der Waals surface area (Å²) in [6.45, 7) is 1.56. The summed E-state index contributed by atoms with van der Waals surface area (Å²) in [5.74, 6) is -0.879. The van der Waals surface area contributed by atoms with Crippen LogP contribution in [0.1, 0.15) is 37.3 Å². The normalized spacial score (nSPS) is 30.0. The molecule has 2 atom stereocenters. The van der Waals surface area contributed by atoms with Gasteiger partial charge in [0, 0.05) is 30.4 Å². The van der Waals surface area contributed by atoms with Gasteiger partial charge in [-0.15, -0.1) is 11.3 Å². The fourth-order valence-electron chi connectivity index (χ4n) is 3.36. The highest BCUT2D eigenvalue weighted by molar-refractivity contribution is 7.07. The first-order valence-corrected chi connectivity index (χ1v) is 7.55. The quantitative estimate of drug-likeness (QED) is 0.911. The Kier molecular flexibility index (Phi) is 3.35. The zero-order valence-corrected chi connectivity index (χ0v) is 11.1. The van der Waals surface area contributed by atoms with Crippen LogP contribution in [0.25, 0.3) is 0 Å². The molecule has 1 aromatic heterocycles. The van der Waals surface area contributed by atoms with Crippen LogP contribution in [0, 0.1) is 5.92 Å². The minimum Gasteiger partial charge on any atom is -0.481 e. The predicted octanol–water partition coefficient (Wildman–Crippen LogP) is 2.19. The van der Waals surface area contributed by atoms with Gasteiger partial charge < -0.3 is 5.11 Å². The second-order valence-corrected chi connectivity index (χ2v) is 6.08. The van der Waals surface area contributed by atoms with E-state index in [1.165, 1.54) is 25.7 Å². The Hall–Kier alpha value is -0.940. The first kappa shape index (κ1) is 12.1. The Labute approximate surface area is 111 Å². The van der Waals surface area contributed by atoms with Gasteiger partial charge in [0.25, 0.3) is 0 Å². The topological polar surface area (TPSA) is 53.4 Å². The van der Waals surface area contributed by atoms with Crippen LogP contribution in [0.2, 0.25) is 0 Å². The summed E-state index contributed by atoms with van der Waals surface area (Å²) in [5, 5.41) is 11.4. The van der Waals surface area contributed by atoms with Gasteiger partial charge in [-0.1, -0.05) is 12.8 Å². The highest BCUT2D eigenvalue weighted by Gasteiger charge is 2.42. The maximum atomic E-state index is 11.4. The number of hydrogen-bond acceptors (Lipinski definition) is 4. The van der Waals surface area contributed by atoms with Crippen molar-refractivity contribution in [2.45, 2.75) is 37.6 Å². The van der Waals surface area contributed by atoms with Gasteiger partial charge in [0.05, 0.1) is 17.1 Å². The lowest BCUT2D eigenvalue weighted by atomic mass is 9.94. The molecular weight excluding hydrogens is 248 g/mol. The van der Waals surface area contributed by atoms with Crippen LogP contribution in [0.4, 0.5) is 0 Å². The standard InChI is InChI=1S/C13H18N2O2S/c16-13(17)11-6-15(9-3-1-2-4-9)5-10(11)12-7-18-8-14-12/h7-11H,1-6H2,(H,16,17)/t10-,11-/m1/s1. The van der Waals surface area contributed by atoms with Crippen LogP contribution < -0.4 is 0 Å². The van der Waals surface area contributed by atoms with E-state index in [1.54, 1.807) is 16.8 Å². The zero-order chi connectivity index (χ0) is 12.5. The van der Waals surface area contributed by atoms with Crippen molar-refractivity contribution < 1.29 is 9.90 Å². The van der Waals surface area contributed by atoms with Gasteiger partial charge in [0.1, 0.15) is 0 Å². The van der Waals surface area contributed by atoms with Crippen molar-refractivity contribution in [2.24, 2.45) is 5.92 Å². The van der Waals surface area contributed by atoms with Gasteiger partial charge in [-0.25, -0.2) is 4.98 Å². The molecule has 0 spiro atoms. The highest BCUT2D eigenvalue weighted by Crippen LogP contribution is 2.36. The predicted molar refractivity (Wildman–Crippen MR) is 69.8 cm³/mol. The van der Waals surface area contributed by atoms with Crippen molar-refractivity contribution >= 4 is 17.3 Å². The minimum atomic E-state index is -0.673. The molecule has 0 radical (unpaired) electrons. The molecule has 2 heterocycles. The van der Waals surface area contributed by atoms with Crippen molar-refractivity contribution in [3.8, 4) is 0 Å². The average Bonchev–Trinajstić information content (AvgIpc) is 3.10. The monoisotopic (exact) mass is 266 g/mol. The molecule has 1 aromatic rings. The SMILES string of the molecule is O=C(O)[C@@H]1CN(C2CCCC2)C[C@H]1c1cscn1. The zero-order valence-electron chi connectivity index (χ0n) is 10.3. The summed E-state index contributed by atoms with van der Waals surface area (Å²) in [6, 6.07) is 0.607. The smallest absolute Gasteiger partial charge is 0.308 e. The molecule has 0 aromatic carbocycles. The maximum Gasteiger partial charge on any atom is 0.308 e. The molecule has 1 aliphatic heterocycles. The molecule has 2 fully saturated rings. The number of likely N-dealkylation sites (tertiary alicyclic amines) is 1. The number of carboxylic acids is 1. The Morgan fingerprint density at radius 3 is 2.78 bits per heavy atom. The summed E-state index contributed by atoms with van der Waals surface area (Å²) in [7, 11) is 0. The number of hydrogen-bond donors (Lipinski definition) is 1. The molecule has 0 bridgehead atoms. The molecule has 1 N–H and O–H groups in total. The van der Waals surface area contributed by atoms with Gasteiger partial charge in [-0.3, -0.25) is 9.69 Å². The molecule has 4 nitrogen and oxygen atoms in total. The second-order valence-electron chi connectivity index (χ2n) is 5.36. The van der Waals surface area contributed by atoms with Crippen LogP contribution in [0.3, 0.4) is 0 Å². The average molecular weight is 266 g/mol. The van der Waals surface area contributed by atoms with Crippen molar-refractivity contribution in [3.63, 3.8) is 0 Å². The first-order valence-electron chi connectivity index (χ1n) is 6.60. The Bertz CT molecular complexity index is 415. The molecule has 18 heavy (non-hydrogen) atoms. The Morgan fingerprint density at radius 1 is 1.39 bits per heavy atom. The Morgan fingerprint density at radius 2 is 2.17 bits per heavy atom. The number of aromatic nitrogens is 1. The molecule has 3 rings (SSSR count). The van der Waals surface area contributed by atoms with E-state index in [-0.39, 0.29) is 11.8 Å². The van der Waals surface area contributed by atoms with Gasteiger partial charge in [-0.2, -0.15) is 0 Å².